The van der Waals surface area contributed by atoms with Crippen molar-refractivity contribution in [2.45, 2.75) is 26.3 Å². The van der Waals surface area contributed by atoms with Crippen LogP contribution < -0.4 is 15.4 Å². The Bertz CT molecular complexity index is 1280. The molecule has 0 saturated heterocycles. The van der Waals surface area contributed by atoms with E-state index in [1.54, 1.807) is 30.4 Å². The molecule has 33 heavy (non-hydrogen) atoms. The average Bonchev–Trinajstić information content (AvgIpc) is 3.11. The molecule has 172 valence electrons. The Morgan fingerprint density at radius 1 is 1.09 bits per heavy atom. The number of nitrogens with one attached hydrogen (secondary N) is 2. The van der Waals surface area contributed by atoms with Crippen LogP contribution in [0.1, 0.15) is 11.9 Å². The van der Waals surface area contributed by atoms with Crippen molar-refractivity contribution >= 4 is 39.0 Å². The van der Waals surface area contributed by atoms with E-state index in [2.05, 4.69) is 30.3 Å². The largest absolute Gasteiger partial charge is 0.573 e. The number of thiazole rings is 1. The lowest BCUT2D eigenvalue weighted by atomic mass is 10.1. The lowest BCUT2D eigenvalue weighted by Gasteiger charge is -2.15. The van der Waals surface area contributed by atoms with Gasteiger partial charge >= 0.3 is 6.36 Å². The molecule has 3 N–H and O–H groups in total. The molecule has 1 atom stereocenters. The molecule has 2 heterocycles. The summed E-state index contributed by atoms with van der Waals surface area (Å²) in [6.07, 6.45) is -4.80. The first kappa shape index (κ1) is 22.7. The molecule has 11 heteroatoms. The molecule has 7 nitrogen and oxygen atoms in total. The minimum Gasteiger partial charge on any atom is -0.406 e. The number of anilines is 3. The number of ether oxygens (including phenoxy) is 1. The lowest BCUT2D eigenvalue weighted by molar-refractivity contribution is -0.274. The Morgan fingerprint density at radius 2 is 1.91 bits per heavy atom. The molecular weight excluding hydrogens is 455 g/mol. The quantitative estimate of drug-likeness (QED) is 0.325. The maximum atomic E-state index is 12.6. The maximum absolute atomic E-state index is 12.6. The molecule has 2 aromatic carbocycles. The number of aliphatic hydroxyl groups is 1. The number of aryl methyl sites for hydroxylation is 1. The van der Waals surface area contributed by atoms with Gasteiger partial charge in [0.05, 0.1) is 27.5 Å². The van der Waals surface area contributed by atoms with E-state index in [0.717, 1.165) is 20.9 Å². The smallest absolute Gasteiger partial charge is 0.406 e. The van der Waals surface area contributed by atoms with Crippen LogP contribution in [-0.4, -0.2) is 39.1 Å². The van der Waals surface area contributed by atoms with Crippen LogP contribution in [0.5, 0.6) is 5.75 Å². The first-order valence-electron chi connectivity index (χ1n) is 9.95. The highest BCUT2D eigenvalue weighted by molar-refractivity contribution is 7.18. The van der Waals surface area contributed by atoms with Crippen LogP contribution in [0.3, 0.4) is 0 Å². The first-order chi connectivity index (χ1) is 15.7. The number of hydrogen-bond acceptors (Lipinski definition) is 8. The van der Waals surface area contributed by atoms with Crippen LogP contribution in [0.25, 0.3) is 21.5 Å². The summed E-state index contributed by atoms with van der Waals surface area (Å²) in [6.45, 7) is 3.54. The number of rotatable bonds is 7. The van der Waals surface area contributed by atoms with E-state index in [4.69, 9.17) is 0 Å². The van der Waals surface area contributed by atoms with Gasteiger partial charge < -0.3 is 20.5 Å². The third-order valence-corrected chi connectivity index (χ3v) is 5.46. The van der Waals surface area contributed by atoms with Gasteiger partial charge in [-0.25, -0.2) is 9.97 Å². The summed E-state index contributed by atoms with van der Waals surface area (Å²) in [4.78, 5) is 13.3. The molecule has 0 bridgehead atoms. The van der Waals surface area contributed by atoms with E-state index in [0.29, 0.717) is 17.1 Å². The topological polar surface area (TPSA) is 92.2 Å². The van der Waals surface area contributed by atoms with Crippen LogP contribution in [0, 0.1) is 6.92 Å². The summed E-state index contributed by atoms with van der Waals surface area (Å²) in [5, 5.41) is 16.5. The van der Waals surface area contributed by atoms with E-state index in [9.17, 15) is 18.3 Å². The summed E-state index contributed by atoms with van der Waals surface area (Å²) in [5.41, 5.74) is 2.37. The summed E-state index contributed by atoms with van der Waals surface area (Å²) < 4.78 is 43.0. The number of nitrogens with zero attached hydrogens (tertiary/aromatic N) is 3. The molecule has 0 aliphatic heterocycles. The molecule has 0 amide bonds. The molecule has 0 saturated carbocycles. The van der Waals surface area contributed by atoms with Crippen LogP contribution in [-0.2, 0) is 0 Å². The normalized spacial score (nSPS) is 12.5. The number of alkyl halides is 3. The van der Waals surface area contributed by atoms with E-state index < -0.39 is 6.36 Å². The highest BCUT2D eigenvalue weighted by atomic mass is 32.1. The molecule has 2 aromatic heterocycles. The summed E-state index contributed by atoms with van der Waals surface area (Å²) in [7, 11) is 0. The summed E-state index contributed by atoms with van der Waals surface area (Å²) in [6, 6.07) is 12.6. The number of halogens is 3. The van der Waals surface area contributed by atoms with Crippen LogP contribution in [0.15, 0.2) is 48.5 Å². The molecule has 0 aliphatic carbocycles. The Kier molecular flexibility index (Phi) is 6.34. The average molecular weight is 475 g/mol. The fourth-order valence-electron chi connectivity index (χ4n) is 3.11. The fourth-order valence-corrected chi connectivity index (χ4v) is 3.92. The van der Waals surface area contributed by atoms with Gasteiger partial charge in [0.1, 0.15) is 11.6 Å². The number of benzene rings is 2. The standard InChI is InChI=1S/C22H20F3N5O2S/c1-12(11-31)26-21-29-17(14-4-3-5-16(8-14)32-22(23,24)25)10-20(30-21)28-15-6-7-19-18(9-15)27-13(2)33-19/h3-10,12,31H,11H2,1-2H3,(H2,26,28,29,30)/t12-/m1/s1. The van der Waals surface area contributed by atoms with Crippen molar-refractivity contribution in [2.75, 3.05) is 17.2 Å². The minimum atomic E-state index is -4.80. The number of aliphatic hydroxyl groups excluding tert-OH is 1. The zero-order chi connectivity index (χ0) is 23.6. The van der Waals surface area contributed by atoms with Gasteiger partial charge in [-0.1, -0.05) is 12.1 Å². The molecule has 0 aliphatic rings. The Labute approximate surface area is 191 Å². The maximum Gasteiger partial charge on any atom is 0.573 e. The second kappa shape index (κ2) is 9.20. The fraction of sp³-hybridized carbons (Fsp3) is 0.227. The zero-order valence-corrected chi connectivity index (χ0v) is 18.5. The van der Waals surface area contributed by atoms with Gasteiger partial charge in [0.15, 0.2) is 0 Å². The summed E-state index contributed by atoms with van der Waals surface area (Å²) >= 11 is 1.59. The number of aromatic nitrogens is 3. The van der Waals surface area contributed by atoms with Crippen LogP contribution in [0.2, 0.25) is 0 Å². The van der Waals surface area contributed by atoms with Crippen molar-refractivity contribution in [3.8, 4) is 17.0 Å². The highest BCUT2D eigenvalue weighted by Crippen LogP contribution is 2.30. The van der Waals surface area contributed by atoms with Crippen molar-refractivity contribution in [1.82, 2.24) is 15.0 Å². The first-order valence-corrected chi connectivity index (χ1v) is 10.8. The Hall–Kier alpha value is -3.44. The van der Waals surface area contributed by atoms with E-state index in [1.165, 1.54) is 18.2 Å². The molecule has 0 radical (unpaired) electrons. The van der Waals surface area contributed by atoms with Crippen molar-refractivity contribution < 1.29 is 23.0 Å². The van der Waals surface area contributed by atoms with Crippen LogP contribution in [0.4, 0.5) is 30.6 Å². The SMILES string of the molecule is Cc1nc2cc(Nc3cc(-c4cccc(OC(F)(F)F)c4)nc(N[C@H](C)CO)n3)ccc2s1. The second-order valence-corrected chi connectivity index (χ2v) is 8.54. The van der Waals surface area contributed by atoms with Crippen molar-refractivity contribution in [3.63, 3.8) is 0 Å². The van der Waals surface area contributed by atoms with Gasteiger partial charge in [0, 0.05) is 23.4 Å². The van der Waals surface area contributed by atoms with E-state index >= 15 is 0 Å². The molecule has 4 rings (SSSR count). The van der Waals surface area contributed by atoms with Crippen molar-refractivity contribution in [3.05, 3.63) is 53.5 Å². The Balaban J connectivity index is 1.70. The number of fused-ring (bicyclic) bond motifs is 1. The lowest BCUT2D eigenvalue weighted by Crippen LogP contribution is -2.21. The number of hydrogen-bond donors (Lipinski definition) is 3. The molecule has 0 spiro atoms. The van der Waals surface area contributed by atoms with Gasteiger partial charge in [0.25, 0.3) is 0 Å². The minimum absolute atomic E-state index is 0.148. The van der Waals surface area contributed by atoms with E-state index in [1.807, 2.05) is 25.1 Å². The third-order valence-electron chi connectivity index (χ3n) is 4.51. The van der Waals surface area contributed by atoms with Gasteiger partial charge in [0.2, 0.25) is 5.95 Å². The van der Waals surface area contributed by atoms with E-state index in [-0.39, 0.29) is 24.3 Å². The van der Waals surface area contributed by atoms with Gasteiger partial charge in [-0.15, -0.1) is 24.5 Å². The van der Waals surface area contributed by atoms with Crippen LogP contribution >= 0.6 is 11.3 Å². The van der Waals surface area contributed by atoms with Gasteiger partial charge in [-0.3, -0.25) is 0 Å². The second-order valence-electron chi connectivity index (χ2n) is 7.31. The predicted molar refractivity (Wildman–Crippen MR) is 122 cm³/mol. The van der Waals surface area contributed by atoms with Gasteiger partial charge in [-0.2, -0.15) is 4.98 Å². The third kappa shape index (κ3) is 5.88. The van der Waals surface area contributed by atoms with Gasteiger partial charge in [-0.05, 0) is 44.2 Å². The Morgan fingerprint density at radius 3 is 2.67 bits per heavy atom. The monoisotopic (exact) mass is 475 g/mol. The predicted octanol–water partition coefficient (Wildman–Crippen LogP) is 5.50. The highest BCUT2D eigenvalue weighted by Gasteiger charge is 2.31. The zero-order valence-electron chi connectivity index (χ0n) is 17.6. The molecule has 0 unspecified atom stereocenters. The molecule has 4 aromatic rings. The van der Waals surface area contributed by atoms with Crippen molar-refractivity contribution in [2.24, 2.45) is 0 Å². The molecule has 0 fully saturated rings. The molecular formula is C22H20F3N5O2S. The van der Waals surface area contributed by atoms with Crippen molar-refractivity contribution in [1.29, 1.82) is 0 Å². The summed E-state index contributed by atoms with van der Waals surface area (Å²) in [5.74, 6) is 0.279.